The van der Waals surface area contributed by atoms with Gasteiger partial charge in [-0.2, -0.15) is 5.26 Å². The number of rotatable bonds is 5. The summed E-state index contributed by atoms with van der Waals surface area (Å²) in [5, 5.41) is 12.2. The van der Waals surface area contributed by atoms with Crippen molar-refractivity contribution < 1.29 is 9.53 Å². The fraction of sp³-hybridized carbons (Fsp3) is 0.167. The Morgan fingerprint density at radius 2 is 1.97 bits per heavy atom. The van der Waals surface area contributed by atoms with Crippen LogP contribution in [-0.2, 0) is 10.5 Å². The number of carbonyl (C=O) groups excluding carboxylic acids is 1. The number of esters is 1. The molecule has 0 saturated carbocycles. The molecule has 4 rings (SSSR count). The van der Waals surface area contributed by atoms with Gasteiger partial charge in [-0.1, -0.05) is 42.5 Å². The summed E-state index contributed by atoms with van der Waals surface area (Å²) < 4.78 is 7.08. The maximum absolute atomic E-state index is 12.8. The number of thioether (sulfide) groups is 1. The van der Waals surface area contributed by atoms with E-state index in [0.717, 1.165) is 11.1 Å². The van der Waals surface area contributed by atoms with Gasteiger partial charge in [0.1, 0.15) is 11.8 Å². The van der Waals surface area contributed by atoms with Gasteiger partial charge < -0.3 is 9.14 Å². The molecule has 0 bridgehead atoms. The van der Waals surface area contributed by atoms with Crippen LogP contribution in [0, 0.1) is 18.3 Å². The highest BCUT2D eigenvalue weighted by Crippen LogP contribution is 2.36. The largest absolute Gasteiger partial charge is 0.461 e. The number of aromatic nitrogens is 1. The third kappa shape index (κ3) is 3.48. The maximum atomic E-state index is 12.8. The first-order valence-corrected chi connectivity index (χ1v) is 10.4. The second-order valence-electron chi connectivity index (χ2n) is 6.77. The molecule has 29 heavy (non-hydrogen) atoms. The Morgan fingerprint density at radius 3 is 2.76 bits per heavy atom. The number of pyridine rings is 1. The van der Waals surface area contributed by atoms with E-state index in [-0.39, 0.29) is 6.61 Å². The van der Waals surface area contributed by atoms with Gasteiger partial charge in [-0.15, -0.1) is 11.8 Å². The summed E-state index contributed by atoms with van der Waals surface area (Å²) >= 11 is 1.51. The van der Waals surface area contributed by atoms with E-state index in [9.17, 15) is 10.1 Å². The van der Waals surface area contributed by atoms with Crippen LogP contribution in [0.1, 0.15) is 34.1 Å². The standard InChI is InChI=1S/C24H20N2O2S/c1-3-28-24(27)22-23(20(14-25)21-13-16(2)11-12-26(21)22)29-15-18-9-6-8-17-7-4-5-10-19(17)18/h4-13H,3,15H2,1-2H3. The van der Waals surface area contributed by atoms with E-state index >= 15 is 0 Å². The molecule has 0 unspecified atom stereocenters. The van der Waals surface area contributed by atoms with E-state index in [0.29, 0.717) is 21.9 Å². The van der Waals surface area contributed by atoms with E-state index in [1.807, 2.05) is 43.5 Å². The molecule has 0 N–H and O–H groups in total. The highest BCUT2D eigenvalue weighted by molar-refractivity contribution is 7.98. The van der Waals surface area contributed by atoms with Gasteiger partial charge in [0.2, 0.25) is 0 Å². The first-order valence-electron chi connectivity index (χ1n) is 9.45. The normalized spacial score (nSPS) is 10.9. The quantitative estimate of drug-likeness (QED) is 0.317. The lowest BCUT2D eigenvalue weighted by Gasteiger charge is -2.08. The number of ether oxygens (including phenoxy) is 1. The Kier molecular flexibility index (Phi) is 5.28. The minimum absolute atomic E-state index is 0.285. The second kappa shape index (κ2) is 8.02. The third-order valence-electron chi connectivity index (χ3n) is 4.88. The van der Waals surface area contributed by atoms with Gasteiger partial charge >= 0.3 is 5.97 Å². The molecule has 144 valence electrons. The molecule has 0 spiro atoms. The molecule has 5 heteroatoms. The Balaban J connectivity index is 1.83. The lowest BCUT2D eigenvalue weighted by molar-refractivity contribution is 0.0514. The van der Waals surface area contributed by atoms with Crippen LogP contribution in [0.15, 0.2) is 65.7 Å². The molecule has 0 fully saturated rings. The smallest absolute Gasteiger partial charge is 0.356 e. The van der Waals surface area contributed by atoms with Crippen LogP contribution in [0.25, 0.3) is 16.3 Å². The fourth-order valence-corrected chi connectivity index (χ4v) is 4.71. The van der Waals surface area contributed by atoms with Crippen molar-refractivity contribution in [1.82, 2.24) is 4.40 Å². The molecule has 0 saturated heterocycles. The van der Waals surface area contributed by atoms with Gasteiger partial charge in [0.25, 0.3) is 0 Å². The number of fused-ring (bicyclic) bond motifs is 2. The van der Waals surface area contributed by atoms with Crippen LogP contribution in [0.5, 0.6) is 0 Å². The van der Waals surface area contributed by atoms with Crippen molar-refractivity contribution in [3.63, 3.8) is 0 Å². The zero-order valence-corrected chi connectivity index (χ0v) is 17.1. The predicted octanol–water partition coefficient (Wildman–Crippen LogP) is 5.74. The number of benzene rings is 2. The molecule has 0 atom stereocenters. The molecular weight excluding hydrogens is 380 g/mol. The lowest BCUT2D eigenvalue weighted by Crippen LogP contribution is -2.09. The minimum Gasteiger partial charge on any atom is -0.461 e. The Labute approximate surface area is 173 Å². The summed E-state index contributed by atoms with van der Waals surface area (Å²) in [6, 6.07) is 20.6. The number of hydrogen-bond donors (Lipinski definition) is 0. The topological polar surface area (TPSA) is 54.5 Å². The number of nitrogens with zero attached hydrogens (tertiary/aromatic N) is 2. The fourth-order valence-electron chi connectivity index (χ4n) is 3.54. The monoisotopic (exact) mass is 400 g/mol. The molecular formula is C24H20N2O2S. The summed E-state index contributed by atoms with van der Waals surface area (Å²) in [7, 11) is 0. The molecule has 0 radical (unpaired) electrons. The van der Waals surface area contributed by atoms with E-state index in [1.54, 1.807) is 11.3 Å². The highest BCUT2D eigenvalue weighted by atomic mass is 32.2. The van der Waals surface area contributed by atoms with Gasteiger partial charge in [0.05, 0.1) is 22.6 Å². The number of aryl methyl sites for hydroxylation is 1. The molecule has 4 nitrogen and oxygen atoms in total. The molecule has 0 aliphatic rings. The van der Waals surface area contributed by atoms with Gasteiger partial charge in [0.15, 0.2) is 0 Å². The molecule has 0 amide bonds. The van der Waals surface area contributed by atoms with Crippen LogP contribution < -0.4 is 0 Å². The minimum atomic E-state index is -0.409. The van der Waals surface area contributed by atoms with Crippen molar-refractivity contribution in [2.24, 2.45) is 0 Å². The van der Waals surface area contributed by atoms with Gasteiger partial charge in [-0.25, -0.2) is 4.79 Å². The molecule has 2 aromatic carbocycles. The van der Waals surface area contributed by atoms with E-state index in [2.05, 4.69) is 30.3 Å². The number of nitriles is 1. The number of hydrogen-bond acceptors (Lipinski definition) is 4. The average molecular weight is 401 g/mol. The Hall–Kier alpha value is -3.23. The average Bonchev–Trinajstić information content (AvgIpc) is 3.04. The Morgan fingerprint density at radius 1 is 1.17 bits per heavy atom. The first kappa shape index (κ1) is 19.1. The zero-order chi connectivity index (χ0) is 20.4. The molecule has 2 heterocycles. The van der Waals surface area contributed by atoms with Gasteiger partial charge in [0, 0.05) is 11.9 Å². The first-order chi connectivity index (χ1) is 14.1. The summed E-state index contributed by atoms with van der Waals surface area (Å²) in [6.07, 6.45) is 1.83. The van der Waals surface area contributed by atoms with Crippen LogP contribution in [0.2, 0.25) is 0 Å². The Bertz CT molecular complexity index is 1260. The van der Waals surface area contributed by atoms with Crippen molar-refractivity contribution in [2.75, 3.05) is 6.61 Å². The van der Waals surface area contributed by atoms with E-state index in [4.69, 9.17) is 4.74 Å². The summed E-state index contributed by atoms with van der Waals surface area (Å²) in [4.78, 5) is 13.4. The summed E-state index contributed by atoms with van der Waals surface area (Å²) in [5.74, 6) is 0.242. The van der Waals surface area contributed by atoms with Crippen molar-refractivity contribution in [2.45, 2.75) is 24.5 Å². The molecule has 2 aromatic heterocycles. The van der Waals surface area contributed by atoms with Crippen molar-refractivity contribution in [1.29, 1.82) is 5.26 Å². The molecule has 4 aromatic rings. The van der Waals surface area contributed by atoms with Crippen molar-refractivity contribution >= 4 is 34.0 Å². The third-order valence-corrected chi connectivity index (χ3v) is 6.02. The van der Waals surface area contributed by atoms with Crippen LogP contribution in [0.3, 0.4) is 0 Å². The molecule has 0 aliphatic carbocycles. The van der Waals surface area contributed by atoms with Crippen LogP contribution in [-0.4, -0.2) is 17.0 Å². The van der Waals surface area contributed by atoms with Crippen LogP contribution in [0.4, 0.5) is 0 Å². The lowest BCUT2D eigenvalue weighted by atomic mass is 10.1. The van der Waals surface area contributed by atoms with Crippen molar-refractivity contribution in [3.8, 4) is 6.07 Å². The van der Waals surface area contributed by atoms with E-state index < -0.39 is 5.97 Å². The van der Waals surface area contributed by atoms with E-state index in [1.165, 1.54) is 28.1 Å². The highest BCUT2D eigenvalue weighted by Gasteiger charge is 2.25. The van der Waals surface area contributed by atoms with Gasteiger partial charge in [-0.3, -0.25) is 0 Å². The summed E-state index contributed by atoms with van der Waals surface area (Å²) in [6.45, 7) is 4.04. The second-order valence-corrected chi connectivity index (χ2v) is 7.76. The predicted molar refractivity (Wildman–Crippen MR) is 116 cm³/mol. The molecule has 0 aliphatic heterocycles. The van der Waals surface area contributed by atoms with Crippen LogP contribution >= 0.6 is 11.8 Å². The zero-order valence-electron chi connectivity index (χ0n) is 16.3. The van der Waals surface area contributed by atoms with Gasteiger partial charge in [-0.05, 0) is 47.9 Å². The van der Waals surface area contributed by atoms with Crippen molar-refractivity contribution in [3.05, 3.63) is 83.2 Å². The summed E-state index contributed by atoms with van der Waals surface area (Å²) in [5.41, 5.74) is 3.87. The maximum Gasteiger partial charge on any atom is 0.356 e. The number of carbonyl (C=O) groups is 1. The SMILES string of the molecule is CCOC(=O)c1c(SCc2cccc3ccccc23)c(C#N)c2cc(C)ccn12.